The first-order chi connectivity index (χ1) is 13.2. The van der Waals surface area contributed by atoms with Crippen molar-refractivity contribution in [2.75, 3.05) is 26.7 Å². The number of hydrogen-bond acceptors (Lipinski definition) is 4. The minimum Gasteiger partial charge on any atom is -0.497 e. The van der Waals surface area contributed by atoms with Gasteiger partial charge in [0.25, 0.3) is 0 Å². The fourth-order valence-electron chi connectivity index (χ4n) is 2.31. The molecule has 0 bridgehead atoms. The van der Waals surface area contributed by atoms with Gasteiger partial charge >= 0.3 is 6.61 Å². The van der Waals surface area contributed by atoms with E-state index in [1.54, 1.807) is 12.1 Å². The zero-order valence-electron chi connectivity index (χ0n) is 17.1. The highest BCUT2D eigenvalue weighted by atomic mass is 19.3. The monoisotopic (exact) mass is 400 g/mol. The SMILES string of the molecule is CCNC(=O)C(C)(C)CNC(=NCc1cc(OC)ccc1OC(F)F)NCC. The third kappa shape index (κ3) is 7.58. The van der Waals surface area contributed by atoms with E-state index in [-0.39, 0.29) is 18.2 Å². The van der Waals surface area contributed by atoms with Crippen molar-refractivity contribution in [3.05, 3.63) is 23.8 Å². The fourth-order valence-corrected chi connectivity index (χ4v) is 2.31. The minimum atomic E-state index is -2.93. The fraction of sp³-hybridized carbons (Fsp3) is 0.579. The summed E-state index contributed by atoms with van der Waals surface area (Å²) < 4.78 is 35.0. The maximum absolute atomic E-state index is 12.6. The number of nitrogens with zero attached hydrogens (tertiary/aromatic N) is 1. The van der Waals surface area contributed by atoms with Crippen molar-refractivity contribution < 1.29 is 23.0 Å². The van der Waals surface area contributed by atoms with E-state index in [2.05, 4.69) is 25.7 Å². The molecule has 3 N–H and O–H groups in total. The molecule has 0 unspecified atom stereocenters. The highest BCUT2D eigenvalue weighted by Gasteiger charge is 2.27. The van der Waals surface area contributed by atoms with Crippen molar-refractivity contribution in [2.24, 2.45) is 10.4 Å². The maximum Gasteiger partial charge on any atom is 0.387 e. The first-order valence-corrected chi connectivity index (χ1v) is 9.15. The van der Waals surface area contributed by atoms with Gasteiger partial charge in [-0.3, -0.25) is 4.79 Å². The van der Waals surface area contributed by atoms with Crippen LogP contribution in [0.2, 0.25) is 0 Å². The minimum absolute atomic E-state index is 0.0399. The predicted molar refractivity (Wildman–Crippen MR) is 105 cm³/mol. The summed E-state index contributed by atoms with van der Waals surface area (Å²) in [5, 5.41) is 8.99. The van der Waals surface area contributed by atoms with Crippen molar-refractivity contribution in [1.29, 1.82) is 0 Å². The van der Waals surface area contributed by atoms with E-state index in [1.807, 2.05) is 27.7 Å². The Morgan fingerprint density at radius 1 is 1.18 bits per heavy atom. The lowest BCUT2D eigenvalue weighted by Crippen LogP contribution is -2.47. The van der Waals surface area contributed by atoms with Crippen LogP contribution in [0.4, 0.5) is 8.78 Å². The van der Waals surface area contributed by atoms with Gasteiger partial charge in [-0.1, -0.05) is 0 Å². The molecular formula is C19H30F2N4O3. The molecule has 1 aromatic carbocycles. The van der Waals surface area contributed by atoms with E-state index >= 15 is 0 Å². The van der Waals surface area contributed by atoms with Crippen molar-refractivity contribution in [3.63, 3.8) is 0 Å². The average Bonchev–Trinajstić information content (AvgIpc) is 2.64. The van der Waals surface area contributed by atoms with Gasteiger partial charge in [0.05, 0.1) is 19.1 Å². The molecule has 9 heteroatoms. The largest absolute Gasteiger partial charge is 0.497 e. The van der Waals surface area contributed by atoms with Gasteiger partial charge in [-0.15, -0.1) is 0 Å². The molecule has 0 spiro atoms. The lowest BCUT2D eigenvalue weighted by molar-refractivity contribution is -0.128. The van der Waals surface area contributed by atoms with Crippen LogP contribution in [0, 0.1) is 5.41 Å². The van der Waals surface area contributed by atoms with E-state index < -0.39 is 12.0 Å². The Morgan fingerprint density at radius 3 is 2.43 bits per heavy atom. The Kier molecular flexibility index (Phi) is 9.47. The number of carbonyl (C=O) groups is 1. The second-order valence-corrected chi connectivity index (χ2v) is 6.64. The Hall–Kier alpha value is -2.58. The van der Waals surface area contributed by atoms with Gasteiger partial charge < -0.3 is 25.4 Å². The number of methoxy groups -OCH3 is 1. The number of guanidine groups is 1. The number of aliphatic imine (C=N–C) groups is 1. The van der Waals surface area contributed by atoms with Crippen LogP contribution in [-0.4, -0.2) is 45.2 Å². The molecule has 158 valence electrons. The van der Waals surface area contributed by atoms with Crippen LogP contribution in [0.3, 0.4) is 0 Å². The van der Waals surface area contributed by atoms with Crippen molar-refractivity contribution >= 4 is 11.9 Å². The number of ether oxygens (including phenoxy) is 2. The molecule has 0 heterocycles. The standard InChI is InChI=1S/C19H30F2N4O3/c1-6-22-16(26)19(3,4)12-25-18(23-7-2)24-11-13-10-14(27-5)8-9-15(13)28-17(20)21/h8-10,17H,6-7,11-12H2,1-5H3,(H,22,26)(H2,23,24,25). The van der Waals surface area contributed by atoms with E-state index in [9.17, 15) is 13.6 Å². The Labute approximate surface area is 164 Å². The summed E-state index contributed by atoms with van der Waals surface area (Å²) in [7, 11) is 1.49. The molecule has 0 atom stereocenters. The number of benzene rings is 1. The predicted octanol–water partition coefficient (Wildman–Crippen LogP) is 2.51. The zero-order chi connectivity index (χ0) is 21.2. The van der Waals surface area contributed by atoms with Crippen LogP contribution in [-0.2, 0) is 11.3 Å². The molecule has 0 saturated carbocycles. The molecule has 0 fully saturated rings. The normalized spacial score (nSPS) is 11.9. The number of alkyl halides is 2. The lowest BCUT2D eigenvalue weighted by atomic mass is 9.92. The van der Waals surface area contributed by atoms with Gasteiger partial charge in [-0.05, 0) is 45.9 Å². The van der Waals surface area contributed by atoms with Gasteiger partial charge in [-0.25, -0.2) is 4.99 Å². The van der Waals surface area contributed by atoms with E-state index in [0.717, 1.165) is 0 Å². The number of amides is 1. The van der Waals surface area contributed by atoms with E-state index in [0.29, 0.717) is 36.9 Å². The number of nitrogens with one attached hydrogen (secondary N) is 3. The molecule has 0 aromatic heterocycles. The second-order valence-electron chi connectivity index (χ2n) is 6.64. The molecule has 0 aliphatic rings. The molecule has 1 aromatic rings. The molecule has 0 saturated heterocycles. The zero-order valence-corrected chi connectivity index (χ0v) is 17.1. The van der Waals surface area contributed by atoms with Gasteiger partial charge in [-0.2, -0.15) is 8.78 Å². The lowest BCUT2D eigenvalue weighted by Gasteiger charge is -2.25. The molecule has 0 aliphatic carbocycles. The number of carbonyl (C=O) groups excluding carboxylic acids is 1. The highest BCUT2D eigenvalue weighted by molar-refractivity contribution is 5.84. The molecule has 1 amide bonds. The Bertz CT molecular complexity index is 667. The molecule has 0 radical (unpaired) electrons. The van der Waals surface area contributed by atoms with Gasteiger partial charge in [0.2, 0.25) is 5.91 Å². The van der Waals surface area contributed by atoms with Gasteiger partial charge in [0.15, 0.2) is 5.96 Å². The van der Waals surface area contributed by atoms with Crippen LogP contribution < -0.4 is 25.4 Å². The smallest absolute Gasteiger partial charge is 0.387 e. The van der Waals surface area contributed by atoms with Crippen LogP contribution in [0.1, 0.15) is 33.3 Å². The van der Waals surface area contributed by atoms with E-state index in [1.165, 1.54) is 13.2 Å². The number of rotatable bonds is 10. The summed E-state index contributed by atoms with van der Waals surface area (Å²) in [6, 6.07) is 4.57. The summed E-state index contributed by atoms with van der Waals surface area (Å²) in [5.74, 6) is 0.949. The highest BCUT2D eigenvalue weighted by Crippen LogP contribution is 2.26. The van der Waals surface area contributed by atoms with Crippen LogP contribution in [0.25, 0.3) is 0 Å². The summed E-state index contributed by atoms with van der Waals surface area (Å²) in [5.41, 5.74) is -0.189. The molecular weight excluding hydrogens is 370 g/mol. The summed E-state index contributed by atoms with van der Waals surface area (Å²) >= 11 is 0. The quantitative estimate of drug-likeness (QED) is 0.415. The molecule has 28 heavy (non-hydrogen) atoms. The molecule has 0 aliphatic heterocycles. The third-order valence-electron chi connectivity index (χ3n) is 3.89. The molecule has 7 nitrogen and oxygen atoms in total. The average molecular weight is 400 g/mol. The van der Waals surface area contributed by atoms with Crippen molar-refractivity contribution in [3.8, 4) is 11.5 Å². The Morgan fingerprint density at radius 2 is 1.86 bits per heavy atom. The van der Waals surface area contributed by atoms with Crippen molar-refractivity contribution in [1.82, 2.24) is 16.0 Å². The topological polar surface area (TPSA) is 84.0 Å². The number of halogens is 2. The van der Waals surface area contributed by atoms with Crippen LogP contribution in [0.5, 0.6) is 11.5 Å². The van der Waals surface area contributed by atoms with Crippen LogP contribution in [0.15, 0.2) is 23.2 Å². The number of hydrogen-bond donors (Lipinski definition) is 3. The van der Waals surface area contributed by atoms with E-state index in [4.69, 9.17) is 4.74 Å². The first kappa shape index (κ1) is 23.5. The summed E-state index contributed by atoms with van der Waals surface area (Å²) in [6.07, 6.45) is 0. The van der Waals surface area contributed by atoms with Crippen LogP contribution >= 0.6 is 0 Å². The maximum atomic E-state index is 12.6. The summed E-state index contributed by atoms with van der Waals surface area (Å²) in [4.78, 5) is 16.5. The van der Waals surface area contributed by atoms with Gasteiger partial charge in [0.1, 0.15) is 11.5 Å². The summed E-state index contributed by atoms with van der Waals surface area (Å²) in [6.45, 7) is 6.09. The van der Waals surface area contributed by atoms with Crippen molar-refractivity contribution in [2.45, 2.75) is 40.9 Å². The molecule has 1 rings (SSSR count). The third-order valence-corrected chi connectivity index (χ3v) is 3.89. The Balaban J connectivity index is 2.93. The second kappa shape index (κ2) is 11.3. The first-order valence-electron chi connectivity index (χ1n) is 9.15. The van der Waals surface area contributed by atoms with Gasteiger partial charge in [0, 0.05) is 25.2 Å².